The first-order valence-electron chi connectivity index (χ1n) is 13.3. The molecule has 4 heteroatoms. The van der Waals surface area contributed by atoms with Crippen LogP contribution in [0.3, 0.4) is 0 Å². The van der Waals surface area contributed by atoms with Crippen molar-refractivity contribution in [1.29, 1.82) is 0 Å². The average molecular weight is 514 g/mol. The van der Waals surface area contributed by atoms with Crippen LogP contribution < -0.4 is 0 Å². The van der Waals surface area contributed by atoms with Crippen molar-refractivity contribution < 1.29 is 5.11 Å². The molecule has 0 unspecified atom stereocenters. The number of aromatic nitrogens is 3. The van der Waals surface area contributed by atoms with E-state index in [1.807, 2.05) is 40.9 Å². The molecule has 0 aliphatic carbocycles. The minimum Gasteiger partial charge on any atom is -0.506 e. The zero-order valence-corrected chi connectivity index (χ0v) is 21.5. The number of pyridine rings is 2. The van der Waals surface area contributed by atoms with E-state index in [0.29, 0.717) is 5.52 Å². The van der Waals surface area contributed by atoms with Gasteiger partial charge in [0.15, 0.2) is 0 Å². The van der Waals surface area contributed by atoms with Gasteiger partial charge >= 0.3 is 0 Å². The van der Waals surface area contributed by atoms with E-state index in [-0.39, 0.29) is 5.75 Å². The summed E-state index contributed by atoms with van der Waals surface area (Å²) in [5, 5.41) is 16.2. The number of para-hydroxylation sites is 1. The van der Waals surface area contributed by atoms with Crippen LogP contribution in [0, 0.1) is 0 Å². The van der Waals surface area contributed by atoms with E-state index in [4.69, 9.17) is 9.97 Å². The van der Waals surface area contributed by atoms with Crippen LogP contribution in [0.5, 0.6) is 5.75 Å². The van der Waals surface area contributed by atoms with Crippen molar-refractivity contribution in [3.05, 3.63) is 134 Å². The summed E-state index contributed by atoms with van der Waals surface area (Å²) in [4.78, 5) is 9.73. The maximum atomic E-state index is 10.7. The van der Waals surface area contributed by atoms with E-state index in [0.717, 1.165) is 60.8 Å². The highest BCUT2D eigenvalue weighted by Gasteiger charge is 2.15. The molecule has 4 nitrogen and oxygen atoms in total. The van der Waals surface area contributed by atoms with Crippen molar-refractivity contribution in [3.8, 4) is 39.4 Å². The summed E-state index contributed by atoms with van der Waals surface area (Å²) in [6.07, 6.45) is 4.07. The third kappa shape index (κ3) is 3.54. The highest BCUT2D eigenvalue weighted by Crippen LogP contribution is 2.39. The fourth-order valence-corrected chi connectivity index (χ4v) is 5.73. The first-order valence-corrected chi connectivity index (χ1v) is 13.3. The zero-order chi connectivity index (χ0) is 26.6. The lowest BCUT2D eigenvalue weighted by atomic mass is 9.94. The van der Waals surface area contributed by atoms with Crippen LogP contribution in [0.4, 0.5) is 0 Å². The molecule has 40 heavy (non-hydrogen) atoms. The number of benzene rings is 5. The van der Waals surface area contributed by atoms with Crippen molar-refractivity contribution in [2.24, 2.45) is 0 Å². The Morgan fingerprint density at radius 3 is 2.02 bits per heavy atom. The van der Waals surface area contributed by atoms with Crippen LogP contribution in [-0.4, -0.2) is 19.5 Å². The number of aromatic hydroxyl groups is 1. The maximum Gasteiger partial charge on any atom is 0.141 e. The number of rotatable bonds is 3. The van der Waals surface area contributed by atoms with Crippen LogP contribution in [-0.2, 0) is 0 Å². The van der Waals surface area contributed by atoms with Gasteiger partial charge in [0.25, 0.3) is 0 Å². The molecule has 3 aromatic heterocycles. The van der Waals surface area contributed by atoms with E-state index in [1.165, 1.54) is 5.39 Å². The molecule has 188 valence electrons. The van der Waals surface area contributed by atoms with Gasteiger partial charge in [-0.3, -0.25) is 0 Å². The molecular formula is C36H23N3O. The second kappa shape index (κ2) is 8.79. The van der Waals surface area contributed by atoms with E-state index in [1.54, 1.807) is 6.07 Å². The highest BCUT2D eigenvalue weighted by molar-refractivity contribution is 6.23. The summed E-state index contributed by atoms with van der Waals surface area (Å²) in [5.41, 5.74) is 7.74. The second-order valence-electron chi connectivity index (χ2n) is 10.1. The van der Waals surface area contributed by atoms with Gasteiger partial charge in [-0.1, -0.05) is 103 Å². The van der Waals surface area contributed by atoms with E-state index < -0.39 is 0 Å². The van der Waals surface area contributed by atoms with E-state index in [2.05, 4.69) is 91.1 Å². The minimum absolute atomic E-state index is 0.191. The highest BCUT2D eigenvalue weighted by atomic mass is 16.3. The summed E-state index contributed by atoms with van der Waals surface area (Å²) < 4.78 is 2.04. The largest absolute Gasteiger partial charge is 0.506 e. The minimum atomic E-state index is 0.191. The Bertz CT molecular complexity index is 2180. The fraction of sp³-hybridized carbons (Fsp3) is 0. The molecular weight excluding hydrogens is 490 g/mol. The SMILES string of the molecule is Oc1cccc2c1nc(-c1ccc(-c3ccc(-c4cn5ccccc5n4)cc3)cc1)c1ccc3ccccc3c12. The lowest BCUT2D eigenvalue weighted by Gasteiger charge is -2.14. The Morgan fingerprint density at radius 1 is 0.525 bits per heavy atom. The number of phenols is 1. The van der Waals surface area contributed by atoms with E-state index >= 15 is 0 Å². The number of fused-ring (bicyclic) bond motifs is 6. The Morgan fingerprint density at radius 2 is 1.23 bits per heavy atom. The Hall–Kier alpha value is -5.48. The lowest BCUT2D eigenvalue weighted by molar-refractivity contribution is 0.480. The first kappa shape index (κ1) is 22.5. The Kier molecular flexibility index (Phi) is 4.94. The number of nitrogens with zero attached hydrogens (tertiary/aromatic N) is 3. The summed E-state index contributed by atoms with van der Waals surface area (Å²) in [6.45, 7) is 0. The topological polar surface area (TPSA) is 50.4 Å². The van der Waals surface area contributed by atoms with Gasteiger partial charge in [-0.15, -0.1) is 0 Å². The smallest absolute Gasteiger partial charge is 0.141 e. The van der Waals surface area contributed by atoms with Crippen molar-refractivity contribution in [1.82, 2.24) is 14.4 Å². The number of phenolic OH excluding ortho intramolecular Hbond substituents is 1. The fourth-order valence-electron chi connectivity index (χ4n) is 5.73. The van der Waals surface area contributed by atoms with Crippen LogP contribution in [0.1, 0.15) is 0 Å². The summed E-state index contributed by atoms with van der Waals surface area (Å²) in [7, 11) is 0. The molecule has 0 saturated carbocycles. The van der Waals surface area contributed by atoms with Crippen LogP contribution in [0.25, 0.3) is 71.7 Å². The molecule has 3 heterocycles. The van der Waals surface area contributed by atoms with Crippen LogP contribution in [0.2, 0.25) is 0 Å². The first-order chi connectivity index (χ1) is 19.7. The standard InChI is InChI=1S/C36H23N3O/c40-32-9-5-8-29-34-28-7-2-1-6-25(28)19-20-30(34)35(38-36(29)32)27-17-13-24(14-18-27)23-11-15-26(16-12-23)31-22-39-21-4-3-10-33(39)37-31/h1-22,40H. The Balaban J connectivity index is 1.21. The van der Waals surface area contributed by atoms with Crippen molar-refractivity contribution >= 4 is 38.1 Å². The third-order valence-electron chi connectivity index (χ3n) is 7.73. The summed E-state index contributed by atoms with van der Waals surface area (Å²) >= 11 is 0. The van der Waals surface area contributed by atoms with Crippen LogP contribution >= 0.6 is 0 Å². The van der Waals surface area contributed by atoms with Gasteiger partial charge in [0.05, 0.1) is 11.4 Å². The Labute approximate surface area is 230 Å². The quantitative estimate of drug-likeness (QED) is 0.240. The lowest BCUT2D eigenvalue weighted by Crippen LogP contribution is -1.91. The molecule has 0 saturated heterocycles. The van der Waals surface area contributed by atoms with Gasteiger partial charge in [-0.2, -0.15) is 0 Å². The zero-order valence-electron chi connectivity index (χ0n) is 21.5. The van der Waals surface area contributed by atoms with Gasteiger partial charge in [0.1, 0.15) is 16.9 Å². The van der Waals surface area contributed by atoms with Gasteiger partial charge in [0.2, 0.25) is 0 Å². The molecule has 1 N–H and O–H groups in total. The summed E-state index contributed by atoms with van der Waals surface area (Å²) in [6, 6.07) is 41.4. The van der Waals surface area contributed by atoms with Gasteiger partial charge in [0, 0.05) is 39.7 Å². The third-order valence-corrected chi connectivity index (χ3v) is 7.73. The predicted octanol–water partition coefficient (Wildman–Crippen LogP) is 8.90. The van der Waals surface area contributed by atoms with Gasteiger partial charge < -0.3 is 9.51 Å². The summed E-state index contributed by atoms with van der Waals surface area (Å²) in [5.74, 6) is 0.191. The number of hydrogen-bond acceptors (Lipinski definition) is 3. The molecule has 5 aromatic carbocycles. The van der Waals surface area contributed by atoms with E-state index in [9.17, 15) is 5.11 Å². The molecule has 0 fully saturated rings. The molecule has 0 bridgehead atoms. The molecule has 0 atom stereocenters. The molecule has 0 spiro atoms. The molecule has 0 amide bonds. The average Bonchev–Trinajstić information content (AvgIpc) is 3.45. The van der Waals surface area contributed by atoms with Gasteiger partial charge in [-0.05, 0) is 40.1 Å². The second-order valence-corrected chi connectivity index (χ2v) is 10.1. The normalized spacial score (nSPS) is 11.6. The molecule has 8 rings (SSSR count). The molecule has 0 radical (unpaired) electrons. The number of imidazole rings is 1. The van der Waals surface area contributed by atoms with Gasteiger partial charge in [-0.25, -0.2) is 9.97 Å². The molecule has 8 aromatic rings. The monoisotopic (exact) mass is 513 g/mol. The predicted molar refractivity (Wildman–Crippen MR) is 163 cm³/mol. The van der Waals surface area contributed by atoms with Crippen molar-refractivity contribution in [2.45, 2.75) is 0 Å². The maximum absolute atomic E-state index is 10.7. The van der Waals surface area contributed by atoms with Crippen molar-refractivity contribution in [2.75, 3.05) is 0 Å². The van der Waals surface area contributed by atoms with Crippen LogP contribution in [0.15, 0.2) is 134 Å². The molecule has 0 aliphatic rings. The number of hydrogen-bond donors (Lipinski definition) is 1. The van der Waals surface area contributed by atoms with Crippen molar-refractivity contribution in [3.63, 3.8) is 0 Å². The molecule has 0 aliphatic heterocycles.